The van der Waals surface area contributed by atoms with Crippen LogP contribution in [0.5, 0.6) is 0 Å². The van der Waals surface area contributed by atoms with Crippen LogP contribution >= 0.6 is 0 Å². The minimum absolute atomic E-state index is 0. The fourth-order valence-corrected chi connectivity index (χ4v) is 3.51. The summed E-state index contributed by atoms with van der Waals surface area (Å²) in [6, 6.07) is 10.3. The van der Waals surface area contributed by atoms with E-state index in [0.717, 1.165) is 0 Å². The van der Waals surface area contributed by atoms with Crippen molar-refractivity contribution >= 4 is 0 Å². The Bertz CT molecular complexity index is 761. The van der Waals surface area contributed by atoms with Gasteiger partial charge in [-0.05, 0) is 5.56 Å². The second-order valence-electron chi connectivity index (χ2n) is 7.60. The molecule has 186 valence electrons. The first-order valence-corrected chi connectivity index (χ1v) is 10.00. The van der Waals surface area contributed by atoms with E-state index in [-0.39, 0.29) is 5.48 Å². The summed E-state index contributed by atoms with van der Waals surface area (Å²) in [5.41, 5.74) is 0.487. The number of aliphatic hydroxyl groups excluding tert-OH is 7. The highest BCUT2D eigenvalue weighted by atomic mass is 16.7. The fourth-order valence-electron chi connectivity index (χ4n) is 3.51. The Morgan fingerprint density at radius 3 is 1.94 bits per heavy atom. The highest BCUT2D eigenvalue weighted by molar-refractivity contribution is 5.22. The number of nitriles is 1. The lowest BCUT2D eigenvalue weighted by Gasteiger charge is -2.43. The van der Waals surface area contributed by atoms with E-state index in [1.165, 1.54) is 0 Å². The van der Waals surface area contributed by atoms with Crippen LogP contribution in [0.1, 0.15) is 11.7 Å². The van der Waals surface area contributed by atoms with Crippen LogP contribution in [-0.2, 0) is 18.9 Å². The molecule has 1 aromatic rings. The zero-order chi connectivity index (χ0) is 23.4. The van der Waals surface area contributed by atoms with E-state index in [9.17, 15) is 41.0 Å². The lowest BCUT2D eigenvalue weighted by molar-refractivity contribution is -0.334. The van der Waals surface area contributed by atoms with Crippen LogP contribution in [0.2, 0.25) is 0 Å². The molecule has 2 fully saturated rings. The van der Waals surface area contributed by atoms with Crippen molar-refractivity contribution in [2.45, 2.75) is 67.5 Å². The molecule has 33 heavy (non-hydrogen) atoms. The van der Waals surface area contributed by atoms with E-state index >= 15 is 0 Å². The Kier molecular flexibility index (Phi) is 10.1. The Morgan fingerprint density at radius 1 is 0.818 bits per heavy atom. The lowest BCUT2D eigenvalue weighted by Crippen LogP contribution is -2.61. The van der Waals surface area contributed by atoms with Crippen LogP contribution < -0.4 is 0 Å². The Hall–Kier alpha value is -1.77. The molecule has 2 aliphatic heterocycles. The van der Waals surface area contributed by atoms with Crippen molar-refractivity contribution in [1.29, 1.82) is 5.26 Å². The summed E-state index contributed by atoms with van der Waals surface area (Å²) in [4.78, 5) is 0. The Labute approximate surface area is 188 Å². The third-order valence-electron chi connectivity index (χ3n) is 5.43. The quantitative estimate of drug-likeness (QED) is 0.200. The molecule has 3 rings (SSSR count). The molecule has 13 heteroatoms. The molecular weight excluding hydrogens is 446 g/mol. The largest absolute Gasteiger partial charge is 0.412 e. The van der Waals surface area contributed by atoms with Gasteiger partial charge in [-0.25, -0.2) is 0 Å². The number of hydrogen-bond acceptors (Lipinski definition) is 12. The van der Waals surface area contributed by atoms with Gasteiger partial charge in [-0.1, -0.05) is 30.3 Å². The normalized spacial score (nSPS) is 39.8. The number of nitrogens with zero attached hydrogens (tertiary/aromatic N) is 1. The van der Waals surface area contributed by atoms with Gasteiger partial charge in [-0.2, -0.15) is 5.26 Å². The molecule has 0 spiro atoms. The molecular formula is C20H29NO12. The minimum atomic E-state index is -1.70. The van der Waals surface area contributed by atoms with Crippen molar-refractivity contribution in [1.82, 2.24) is 0 Å². The SMILES string of the molecule is N#CC(O[C@@H]1O[C@H](CO[C@@H]2O[C@H](CO)[C@@H](O)[C@H](O)[C@H]2O)[C@@H](O)[C@H](O)[C@H]1O)c1ccccc1.O. The molecule has 0 bridgehead atoms. The van der Waals surface area contributed by atoms with E-state index in [1.54, 1.807) is 30.3 Å². The average molecular weight is 475 g/mol. The molecule has 0 radical (unpaired) electrons. The third kappa shape index (κ3) is 6.03. The number of ether oxygens (including phenoxy) is 4. The number of benzene rings is 1. The Morgan fingerprint density at radius 2 is 1.36 bits per heavy atom. The van der Waals surface area contributed by atoms with Gasteiger partial charge in [0.05, 0.1) is 19.3 Å². The molecule has 0 aromatic heterocycles. The van der Waals surface area contributed by atoms with Gasteiger partial charge in [0.25, 0.3) is 0 Å². The first-order chi connectivity index (χ1) is 15.3. The van der Waals surface area contributed by atoms with Crippen molar-refractivity contribution < 1.29 is 60.2 Å². The van der Waals surface area contributed by atoms with Crippen LogP contribution in [0.15, 0.2) is 30.3 Å². The molecule has 0 saturated carbocycles. The molecule has 0 aliphatic carbocycles. The molecule has 1 aromatic carbocycles. The van der Waals surface area contributed by atoms with Gasteiger partial charge >= 0.3 is 0 Å². The van der Waals surface area contributed by atoms with E-state index < -0.39 is 80.7 Å². The summed E-state index contributed by atoms with van der Waals surface area (Å²) in [6.45, 7) is -1.14. The monoisotopic (exact) mass is 475 g/mol. The third-order valence-corrected chi connectivity index (χ3v) is 5.43. The van der Waals surface area contributed by atoms with Crippen molar-refractivity contribution in [3.05, 3.63) is 35.9 Å². The van der Waals surface area contributed by atoms with Crippen LogP contribution in [0, 0.1) is 11.3 Å². The molecule has 2 heterocycles. The second-order valence-corrected chi connectivity index (χ2v) is 7.60. The standard InChI is InChI=1S/C20H27NO11.H2O/c21-6-10(9-4-2-1-3-5-9)30-20-18(28)16(26)14(24)12(32-20)8-29-19-17(27)15(25)13(23)11(7-22)31-19;/h1-5,10-20,22-28H,7-8H2;1H2/t10?,11-,12-,13-,14-,15+,16+,17-,18-,19-,20-;/m1./s1. The highest BCUT2D eigenvalue weighted by Crippen LogP contribution is 2.28. The Balaban J connectivity index is 0.00000385. The average Bonchev–Trinajstić information content (AvgIpc) is 2.81. The number of hydrogen-bond donors (Lipinski definition) is 7. The number of rotatable bonds is 7. The second kappa shape index (κ2) is 12.1. The fraction of sp³-hybridized carbons (Fsp3) is 0.650. The van der Waals surface area contributed by atoms with Gasteiger partial charge in [0.15, 0.2) is 18.7 Å². The van der Waals surface area contributed by atoms with Gasteiger partial charge in [-0.3, -0.25) is 0 Å². The molecule has 2 aliphatic rings. The predicted molar refractivity (Wildman–Crippen MR) is 106 cm³/mol. The lowest BCUT2D eigenvalue weighted by atomic mass is 9.98. The molecule has 1 unspecified atom stereocenters. The first kappa shape index (κ1) is 27.5. The van der Waals surface area contributed by atoms with Gasteiger partial charge in [0, 0.05) is 0 Å². The summed E-state index contributed by atoms with van der Waals surface area (Å²) in [5, 5.41) is 79.1. The van der Waals surface area contributed by atoms with Crippen molar-refractivity contribution in [2.24, 2.45) is 0 Å². The van der Waals surface area contributed by atoms with Gasteiger partial charge < -0.3 is 60.2 Å². The topological polar surface area (TPSA) is 234 Å². The van der Waals surface area contributed by atoms with Gasteiger partial charge in [-0.15, -0.1) is 0 Å². The highest BCUT2D eigenvalue weighted by Gasteiger charge is 2.48. The maximum absolute atomic E-state index is 10.3. The van der Waals surface area contributed by atoms with E-state index in [2.05, 4.69) is 0 Å². The van der Waals surface area contributed by atoms with E-state index in [1.807, 2.05) is 6.07 Å². The van der Waals surface area contributed by atoms with Crippen LogP contribution in [0.3, 0.4) is 0 Å². The van der Waals surface area contributed by atoms with E-state index in [4.69, 9.17) is 18.9 Å². The predicted octanol–water partition coefficient (Wildman–Crippen LogP) is -3.93. The summed E-state index contributed by atoms with van der Waals surface area (Å²) < 4.78 is 21.6. The van der Waals surface area contributed by atoms with Crippen molar-refractivity contribution in [3.8, 4) is 6.07 Å². The maximum atomic E-state index is 10.3. The first-order valence-electron chi connectivity index (χ1n) is 10.00. The van der Waals surface area contributed by atoms with Gasteiger partial charge in [0.2, 0.25) is 0 Å². The summed E-state index contributed by atoms with van der Waals surface area (Å²) in [5.74, 6) is 0. The zero-order valence-corrected chi connectivity index (χ0v) is 17.4. The molecule has 0 amide bonds. The number of aliphatic hydroxyl groups is 7. The summed E-state index contributed by atoms with van der Waals surface area (Å²) in [6.07, 6.45) is -16.5. The summed E-state index contributed by atoms with van der Waals surface area (Å²) in [7, 11) is 0. The molecule has 11 atom stereocenters. The molecule has 2 saturated heterocycles. The summed E-state index contributed by atoms with van der Waals surface area (Å²) >= 11 is 0. The van der Waals surface area contributed by atoms with Crippen molar-refractivity contribution in [3.63, 3.8) is 0 Å². The van der Waals surface area contributed by atoms with Crippen LogP contribution in [0.25, 0.3) is 0 Å². The van der Waals surface area contributed by atoms with E-state index in [0.29, 0.717) is 5.56 Å². The van der Waals surface area contributed by atoms with Crippen LogP contribution in [-0.4, -0.2) is 116 Å². The molecule has 13 nitrogen and oxygen atoms in total. The zero-order valence-electron chi connectivity index (χ0n) is 17.4. The molecule has 9 N–H and O–H groups in total. The smallest absolute Gasteiger partial charge is 0.188 e. The van der Waals surface area contributed by atoms with Gasteiger partial charge in [0.1, 0.15) is 48.8 Å². The van der Waals surface area contributed by atoms with Crippen molar-refractivity contribution in [2.75, 3.05) is 13.2 Å². The maximum Gasteiger partial charge on any atom is 0.188 e. The minimum Gasteiger partial charge on any atom is -0.412 e. The van der Waals surface area contributed by atoms with Crippen LogP contribution in [0.4, 0.5) is 0 Å².